The molecule has 0 bridgehead atoms. The molecule has 1 unspecified atom stereocenters. The number of hydrogen-bond acceptors (Lipinski definition) is 3. The zero-order valence-corrected chi connectivity index (χ0v) is 6.30. The van der Waals surface area contributed by atoms with Gasteiger partial charge in [0.25, 0.3) is 0 Å². The number of hydrogen-bond donors (Lipinski definition) is 2. The first-order chi connectivity index (χ1) is 4.85. The fourth-order valence-corrected chi connectivity index (χ4v) is 0.637. The minimum absolute atomic E-state index is 0.0495. The molecule has 10 heavy (non-hydrogen) atoms. The molecule has 0 aliphatic carbocycles. The third-order valence-corrected chi connectivity index (χ3v) is 1.29. The number of nitrogens with zero attached hydrogens (tertiary/aromatic N) is 1. The van der Waals surface area contributed by atoms with Gasteiger partial charge in [-0.25, -0.2) is 0 Å². The summed E-state index contributed by atoms with van der Waals surface area (Å²) in [6.45, 7) is 2.87. The highest BCUT2D eigenvalue weighted by atomic mass is 16.3. The third-order valence-electron chi connectivity index (χ3n) is 1.29. The predicted molar refractivity (Wildman–Crippen MR) is 39.4 cm³/mol. The van der Waals surface area contributed by atoms with Gasteiger partial charge in [-0.1, -0.05) is 6.92 Å². The van der Waals surface area contributed by atoms with E-state index in [4.69, 9.17) is 10.4 Å². The second kappa shape index (κ2) is 6.53. The predicted octanol–water partition coefficient (Wildman–Crippen LogP) is 0.261. The van der Waals surface area contributed by atoms with Gasteiger partial charge < -0.3 is 10.4 Å². The number of aliphatic hydroxyl groups excluding tert-OH is 1. The maximum atomic E-state index is 8.45. The Bertz CT molecular complexity index is 109. The number of nitriles is 1. The molecule has 0 aromatic heterocycles. The molecule has 3 nitrogen and oxygen atoms in total. The largest absolute Gasteiger partial charge is 0.396 e. The molecule has 0 aliphatic heterocycles. The summed E-state index contributed by atoms with van der Waals surface area (Å²) in [6.07, 6.45) is 1.54. The first-order valence-electron chi connectivity index (χ1n) is 3.59. The van der Waals surface area contributed by atoms with E-state index >= 15 is 0 Å². The lowest BCUT2D eigenvalue weighted by Crippen LogP contribution is -2.28. The van der Waals surface area contributed by atoms with Crippen LogP contribution in [0.25, 0.3) is 0 Å². The van der Waals surface area contributed by atoms with Crippen molar-refractivity contribution in [2.24, 2.45) is 0 Å². The molecule has 0 aromatic rings. The lowest BCUT2D eigenvalue weighted by Gasteiger charge is -2.06. The van der Waals surface area contributed by atoms with Crippen molar-refractivity contribution in [1.29, 1.82) is 5.26 Å². The molecular weight excluding hydrogens is 128 g/mol. The molecule has 0 amide bonds. The Morgan fingerprint density at radius 2 is 2.40 bits per heavy atom. The van der Waals surface area contributed by atoms with E-state index in [2.05, 4.69) is 11.4 Å². The Balaban J connectivity index is 3.20. The molecule has 0 saturated carbocycles. The Morgan fingerprint density at radius 3 is 2.80 bits per heavy atom. The third kappa shape index (κ3) is 4.30. The van der Waals surface area contributed by atoms with Gasteiger partial charge in [-0.15, -0.1) is 0 Å². The second-order valence-corrected chi connectivity index (χ2v) is 2.12. The highest BCUT2D eigenvalue weighted by Gasteiger charge is 1.99. The van der Waals surface area contributed by atoms with Crippen LogP contribution < -0.4 is 5.32 Å². The van der Waals surface area contributed by atoms with Gasteiger partial charge in [0.2, 0.25) is 0 Å². The van der Waals surface area contributed by atoms with Crippen LogP contribution in [0.15, 0.2) is 0 Å². The maximum absolute atomic E-state index is 8.45. The molecule has 0 aliphatic rings. The van der Waals surface area contributed by atoms with Crippen molar-refractivity contribution in [2.45, 2.75) is 25.8 Å². The molecular formula is C7H14N2O. The van der Waals surface area contributed by atoms with Crippen LogP contribution in [-0.4, -0.2) is 24.3 Å². The monoisotopic (exact) mass is 142 g/mol. The molecule has 0 radical (unpaired) electrons. The zero-order chi connectivity index (χ0) is 7.82. The van der Waals surface area contributed by atoms with Crippen LogP contribution in [0.4, 0.5) is 0 Å². The fourth-order valence-electron chi connectivity index (χ4n) is 0.637. The standard InChI is InChI=1S/C7H14N2O/c1-2-7(6-8)9-4-3-5-10/h7,9-10H,2-5H2,1H3. The van der Waals surface area contributed by atoms with E-state index in [9.17, 15) is 0 Å². The topological polar surface area (TPSA) is 56.0 Å². The number of rotatable bonds is 5. The molecule has 0 saturated heterocycles. The van der Waals surface area contributed by atoms with Gasteiger partial charge in [-0.2, -0.15) is 5.26 Å². The Morgan fingerprint density at radius 1 is 1.70 bits per heavy atom. The first-order valence-corrected chi connectivity index (χ1v) is 3.59. The summed E-state index contributed by atoms with van der Waals surface area (Å²) in [7, 11) is 0. The number of aliphatic hydroxyl groups is 1. The van der Waals surface area contributed by atoms with Crippen LogP contribution >= 0.6 is 0 Å². The summed E-state index contributed by atoms with van der Waals surface area (Å²) >= 11 is 0. The van der Waals surface area contributed by atoms with Crippen molar-refractivity contribution in [2.75, 3.05) is 13.2 Å². The summed E-state index contributed by atoms with van der Waals surface area (Å²) in [6, 6.07) is 2.07. The highest BCUT2D eigenvalue weighted by molar-refractivity contribution is 4.87. The zero-order valence-electron chi connectivity index (χ0n) is 6.30. The maximum Gasteiger partial charge on any atom is 0.0950 e. The summed E-state index contributed by atoms with van der Waals surface area (Å²) < 4.78 is 0. The van der Waals surface area contributed by atoms with Crippen molar-refractivity contribution < 1.29 is 5.11 Å². The molecule has 2 N–H and O–H groups in total. The van der Waals surface area contributed by atoms with Crippen molar-refractivity contribution in [3.05, 3.63) is 0 Å². The molecule has 1 atom stereocenters. The van der Waals surface area contributed by atoms with Crippen molar-refractivity contribution in [3.8, 4) is 6.07 Å². The summed E-state index contributed by atoms with van der Waals surface area (Å²) in [4.78, 5) is 0. The highest BCUT2D eigenvalue weighted by Crippen LogP contribution is 1.87. The van der Waals surface area contributed by atoms with Crippen LogP contribution in [0, 0.1) is 11.3 Å². The van der Waals surface area contributed by atoms with Gasteiger partial charge in [0, 0.05) is 6.61 Å². The normalized spacial score (nSPS) is 12.5. The SMILES string of the molecule is CCC(C#N)NCCCO. The smallest absolute Gasteiger partial charge is 0.0950 e. The van der Waals surface area contributed by atoms with E-state index in [0.717, 1.165) is 19.4 Å². The first kappa shape index (κ1) is 9.41. The van der Waals surface area contributed by atoms with E-state index < -0.39 is 0 Å². The lowest BCUT2D eigenvalue weighted by molar-refractivity contribution is 0.284. The average Bonchev–Trinajstić information content (AvgIpc) is 1.99. The summed E-state index contributed by atoms with van der Waals surface area (Å²) in [5.74, 6) is 0. The summed E-state index contributed by atoms with van der Waals surface area (Å²) in [5, 5.41) is 19.9. The van der Waals surface area contributed by atoms with Gasteiger partial charge in [0.1, 0.15) is 0 Å². The molecule has 0 rings (SSSR count). The molecule has 0 heterocycles. The van der Waals surface area contributed by atoms with Crippen molar-refractivity contribution >= 4 is 0 Å². The van der Waals surface area contributed by atoms with Crippen molar-refractivity contribution in [1.82, 2.24) is 5.32 Å². The van der Waals surface area contributed by atoms with Crippen LogP contribution in [0.3, 0.4) is 0 Å². The van der Waals surface area contributed by atoms with Crippen LogP contribution in [-0.2, 0) is 0 Å². The second-order valence-electron chi connectivity index (χ2n) is 2.12. The molecule has 3 heteroatoms. The van der Waals surface area contributed by atoms with Gasteiger partial charge in [-0.3, -0.25) is 0 Å². The van der Waals surface area contributed by atoms with E-state index in [-0.39, 0.29) is 12.6 Å². The lowest BCUT2D eigenvalue weighted by atomic mass is 10.2. The van der Waals surface area contributed by atoms with Gasteiger partial charge in [0.05, 0.1) is 12.1 Å². The minimum atomic E-state index is -0.0495. The molecule has 0 spiro atoms. The average molecular weight is 142 g/mol. The molecule has 58 valence electrons. The van der Waals surface area contributed by atoms with Gasteiger partial charge in [-0.05, 0) is 19.4 Å². The Labute approximate surface area is 61.7 Å². The van der Waals surface area contributed by atoms with Crippen LogP contribution in [0.5, 0.6) is 0 Å². The quantitative estimate of drug-likeness (QED) is 0.541. The van der Waals surface area contributed by atoms with E-state index in [1.165, 1.54) is 0 Å². The van der Waals surface area contributed by atoms with Crippen LogP contribution in [0.1, 0.15) is 19.8 Å². The summed E-state index contributed by atoms with van der Waals surface area (Å²) in [5.41, 5.74) is 0. The fraction of sp³-hybridized carbons (Fsp3) is 0.857. The molecule has 0 aromatic carbocycles. The van der Waals surface area contributed by atoms with Gasteiger partial charge in [0.15, 0.2) is 0 Å². The van der Waals surface area contributed by atoms with E-state index in [1.807, 2.05) is 6.92 Å². The van der Waals surface area contributed by atoms with E-state index in [1.54, 1.807) is 0 Å². The van der Waals surface area contributed by atoms with E-state index in [0.29, 0.717) is 0 Å². The Kier molecular flexibility index (Phi) is 6.14. The Hall–Kier alpha value is -0.590. The van der Waals surface area contributed by atoms with Crippen LogP contribution in [0.2, 0.25) is 0 Å². The van der Waals surface area contributed by atoms with Gasteiger partial charge >= 0.3 is 0 Å². The number of nitrogens with one attached hydrogen (secondary N) is 1. The van der Waals surface area contributed by atoms with Crippen molar-refractivity contribution in [3.63, 3.8) is 0 Å². The minimum Gasteiger partial charge on any atom is -0.396 e. The molecule has 0 fully saturated rings.